The molecule has 0 spiro atoms. The van der Waals surface area contributed by atoms with Gasteiger partial charge in [-0.15, -0.1) is 54.1 Å². The standard InChI is InChI=1S/C31H23N2O.C14H16NSi.Ir/c1-19-16-23(22-8-5-4-6-9-22)13-15-24(19)28-17-29(32-18-20(28)2)27-11-7-10-25-26-14-12-21(3)33-31(26)34-30(25)27;1-16(2,3)13-9-10-14(15-11-13)12-7-5-4-6-8-12;/h4-10,12-18H,1-3H3;4-7,9-11H,1-3H3;/q2*-1;/i1D3,2D3,3D3,15D;;. The van der Waals surface area contributed by atoms with Gasteiger partial charge in [0.15, 0.2) is 0 Å². The molecule has 51 heavy (non-hydrogen) atoms. The third-order valence-electron chi connectivity index (χ3n) is 8.39. The zero-order chi connectivity index (χ0) is 43.2. The van der Waals surface area contributed by atoms with Crippen LogP contribution in [-0.4, -0.2) is 23.0 Å². The van der Waals surface area contributed by atoms with Crippen LogP contribution >= 0.6 is 0 Å². The zero-order valence-electron chi connectivity index (χ0n) is 38.1. The molecule has 6 heteroatoms. The fraction of sp³-hybridized carbons (Fsp3) is 0.133. The van der Waals surface area contributed by atoms with Crippen molar-refractivity contribution in [3.63, 3.8) is 0 Å². The molecule has 8 aromatic rings. The maximum Gasteiger partial charge on any atom is 0.216 e. The van der Waals surface area contributed by atoms with Crippen molar-refractivity contribution in [2.45, 2.75) is 40.2 Å². The molecular weight excluding hydrogens is 819 g/mol. The molecule has 0 atom stereocenters. The van der Waals surface area contributed by atoms with Crippen LogP contribution < -0.4 is 5.19 Å². The minimum absolute atomic E-state index is 0. The third-order valence-corrected chi connectivity index (χ3v) is 10.4. The van der Waals surface area contributed by atoms with Crippen molar-refractivity contribution in [3.8, 4) is 44.8 Å². The quantitative estimate of drug-likeness (QED) is 0.128. The molecule has 0 N–H and O–H groups in total. The Morgan fingerprint density at radius 2 is 1.51 bits per heavy atom. The fourth-order valence-corrected chi connectivity index (χ4v) is 6.71. The Morgan fingerprint density at radius 3 is 2.24 bits per heavy atom. The predicted molar refractivity (Wildman–Crippen MR) is 210 cm³/mol. The molecule has 0 amide bonds. The van der Waals surface area contributed by atoms with E-state index in [0.29, 0.717) is 33.0 Å². The Hall–Kier alpha value is -5.00. The summed E-state index contributed by atoms with van der Waals surface area (Å²) in [7, 11) is -1.23. The molecule has 1 radical (unpaired) electrons. The van der Waals surface area contributed by atoms with Crippen molar-refractivity contribution in [2.75, 3.05) is 0 Å². The molecule has 4 heterocycles. The van der Waals surface area contributed by atoms with E-state index in [2.05, 4.69) is 58.9 Å². The van der Waals surface area contributed by atoms with E-state index in [4.69, 9.17) is 18.1 Å². The minimum Gasteiger partial charge on any atom is -0.486 e. The maximum atomic E-state index is 8.94. The van der Waals surface area contributed by atoms with Crippen molar-refractivity contribution in [1.29, 1.82) is 0 Å². The second-order valence-corrected chi connectivity index (χ2v) is 17.9. The molecule has 8 rings (SSSR count). The van der Waals surface area contributed by atoms with Gasteiger partial charge in [0.1, 0.15) is 0 Å². The SMILES string of the molecule is C[Si](C)(C)c1ccc(-c2[c-]cccc2)nc1.[2H]c1cc(-c2ccccc2)cc(C([2H])([2H])[2H])c1-c1cc(-c2[c-]ccc3c2oc2nc(C([2H])([2H])[2H])ccc23)ncc1C([2H])([2H])[2H].[Ir]. The summed E-state index contributed by atoms with van der Waals surface area (Å²) in [4.78, 5) is 13.1. The van der Waals surface area contributed by atoms with Gasteiger partial charge in [-0.1, -0.05) is 97.3 Å². The number of pyridine rings is 3. The minimum atomic E-state index is -2.68. The second kappa shape index (κ2) is 15.1. The van der Waals surface area contributed by atoms with Gasteiger partial charge in [-0.25, -0.2) is 4.98 Å². The molecule has 0 saturated heterocycles. The first-order valence-electron chi connectivity index (χ1n) is 21.1. The average Bonchev–Trinajstić information content (AvgIpc) is 3.58. The first-order valence-corrected chi connectivity index (χ1v) is 19.6. The van der Waals surface area contributed by atoms with Crippen molar-refractivity contribution in [2.24, 2.45) is 0 Å². The molecule has 0 fully saturated rings. The number of hydrogen-bond donors (Lipinski definition) is 0. The number of aromatic nitrogens is 3. The molecule has 0 aliphatic carbocycles. The van der Waals surface area contributed by atoms with Crippen LogP contribution in [0.5, 0.6) is 0 Å². The summed E-state index contributed by atoms with van der Waals surface area (Å²) in [6.45, 7) is -0.798. The van der Waals surface area contributed by atoms with E-state index in [-0.39, 0.29) is 65.5 Å². The van der Waals surface area contributed by atoms with Crippen LogP contribution in [0.3, 0.4) is 0 Å². The fourth-order valence-electron chi connectivity index (χ4n) is 5.68. The summed E-state index contributed by atoms with van der Waals surface area (Å²) in [5, 5.41) is 2.57. The first-order chi connectivity index (χ1) is 28.2. The first kappa shape index (κ1) is 25.0. The van der Waals surface area contributed by atoms with Crippen LogP contribution in [0.15, 0.2) is 132 Å². The zero-order valence-corrected chi connectivity index (χ0v) is 31.5. The van der Waals surface area contributed by atoms with Gasteiger partial charge < -0.3 is 14.4 Å². The predicted octanol–water partition coefficient (Wildman–Crippen LogP) is 11.2. The van der Waals surface area contributed by atoms with Crippen LogP contribution in [0.25, 0.3) is 66.8 Å². The van der Waals surface area contributed by atoms with Gasteiger partial charge in [-0.05, 0) is 82.6 Å². The van der Waals surface area contributed by atoms with E-state index in [1.807, 2.05) is 36.5 Å². The van der Waals surface area contributed by atoms with E-state index in [0.717, 1.165) is 17.5 Å². The average molecular weight is 868 g/mol. The normalized spacial score (nSPS) is 14.8. The van der Waals surface area contributed by atoms with Crippen LogP contribution in [0.1, 0.15) is 30.5 Å². The van der Waals surface area contributed by atoms with Crippen molar-refractivity contribution in [1.82, 2.24) is 15.0 Å². The number of hydrogen-bond acceptors (Lipinski definition) is 4. The number of fused-ring (bicyclic) bond motifs is 3. The number of benzene rings is 4. The summed E-state index contributed by atoms with van der Waals surface area (Å²) in [5.74, 6) is 0. The van der Waals surface area contributed by atoms with Crippen molar-refractivity contribution < 1.29 is 38.2 Å². The largest absolute Gasteiger partial charge is 0.486 e. The molecule has 0 bridgehead atoms. The van der Waals surface area contributed by atoms with Crippen LogP contribution in [0, 0.1) is 32.7 Å². The molecule has 0 saturated carbocycles. The van der Waals surface area contributed by atoms with Gasteiger partial charge in [0.25, 0.3) is 0 Å². The topological polar surface area (TPSA) is 51.8 Å². The summed E-state index contributed by atoms with van der Waals surface area (Å²) < 4.78 is 87.6. The Balaban J connectivity index is 0.000000307. The maximum absolute atomic E-state index is 8.94. The summed E-state index contributed by atoms with van der Waals surface area (Å²) in [6.07, 6.45) is 3.17. The molecule has 255 valence electrons. The van der Waals surface area contributed by atoms with Crippen molar-refractivity contribution >= 4 is 35.3 Å². The Kier molecular flexibility index (Phi) is 7.40. The summed E-state index contributed by atoms with van der Waals surface area (Å²) in [5.41, 5.74) is 3.70. The van der Waals surface area contributed by atoms with Crippen LogP contribution in [-0.2, 0) is 20.1 Å². The third kappa shape index (κ3) is 7.69. The number of furan rings is 1. The molecule has 4 nitrogen and oxygen atoms in total. The molecular formula is C45H39IrN3OSi-2. The van der Waals surface area contributed by atoms with E-state index < -0.39 is 28.6 Å². The van der Waals surface area contributed by atoms with Gasteiger partial charge in [-0.2, -0.15) is 0 Å². The Morgan fingerprint density at radius 1 is 0.686 bits per heavy atom. The molecule has 4 aromatic carbocycles. The Bertz CT molecular complexity index is 2820. The van der Waals surface area contributed by atoms with Gasteiger partial charge in [0, 0.05) is 55.9 Å². The van der Waals surface area contributed by atoms with Gasteiger partial charge in [-0.3, -0.25) is 0 Å². The molecule has 0 aliphatic rings. The van der Waals surface area contributed by atoms with E-state index in [9.17, 15) is 0 Å². The number of nitrogens with zero attached hydrogens (tertiary/aromatic N) is 3. The van der Waals surface area contributed by atoms with E-state index >= 15 is 0 Å². The smallest absolute Gasteiger partial charge is 0.216 e. The van der Waals surface area contributed by atoms with E-state index in [1.165, 1.54) is 29.5 Å². The number of aryl methyl sites for hydroxylation is 3. The van der Waals surface area contributed by atoms with Gasteiger partial charge in [0.2, 0.25) is 5.71 Å². The van der Waals surface area contributed by atoms with E-state index in [1.54, 1.807) is 42.5 Å². The molecule has 0 aliphatic heterocycles. The molecule has 0 unspecified atom stereocenters. The van der Waals surface area contributed by atoms with Crippen LogP contribution in [0.4, 0.5) is 0 Å². The van der Waals surface area contributed by atoms with Crippen LogP contribution in [0.2, 0.25) is 19.6 Å². The van der Waals surface area contributed by atoms with Crippen molar-refractivity contribution in [3.05, 3.63) is 157 Å². The number of rotatable bonds is 5. The summed E-state index contributed by atoms with van der Waals surface area (Å²) in [6, 6.07) is 38.2. The Labute approximate surface area is 329 Å². The van der Waals surface area contributed by atoms with Gasteiger partial charge in [0.05, 0.1) is 15.0 Å². The summed E-state index contributed by atoms with van der Waals surface area (Å²) >= 11 is 0. The van der Waals surface area contributed by atoms with Gasteiger partial charge >= 0.3 is 0 Å². The monoisotopic (exact) mass is 868 g/mol. The second-order valence-electron chi connectivity index (χ2n) is 12.9. The molecule has 4 aromatic heterocycles.